The number of pyridine rings is 4. The van der Waals surface area contributed by atoms with E-state index >= 15 is 4.39 Å². The third-order valence-electron chi connectivity index (χ3n) is 20.5. The van der Waals surface area contributed by atoms with Crippen LogP contribution in [0.3, 0.4) is 0 Å². The number of hydrogen-bond acceptors (Lipinski definition) is 20. The van der Waals surface area contributed by atoms with Crippen LogP contribution in [0.2, 0.25) is 10.0 Å². The molecule has 0 spiro atoms. The first-order chi connectivity index (χ1) is 63.1. The van der Waals surface area contributed by atoms with E-state index in [1.165, 1.54) is 97.1 Å². The van der Waals surface area contributed by atoms with E-state index in [2.05, 4.69) is 31.9 Å². The molecule has 12 aromatic carbocycles. The second kappa shape index (κ2) is 37.7. The Hall–Kier alpha value is -13.9. The van der Waals surface area contributed by atoms with E-state index < -0.39 is 91.0 Å². The van der Waals surface area contributed by atoms with Gasteiger partial charge in [0.1, 0.15) is 69.8 Å². The molecule has 20 aromatic rings. The topological polar surface area (TPSA) is 290 Å². The van der Waals surface area contributed by atoms with Gasteiger partial charge in [-0.05, 0) is 197 Å². The highest BCUT2D eigenvalue weighted by atomic mass is 79.9. The van der Waals surface area contributed by atoms with E-state index in [0.717, 1.165) is 57.6 Å². The van der Waals surface area contributed by atoms with Gasteiger partial charge in [0.25, 0.3) is 22.2 Å². The van der Waals surface area contributed by atoms with E-state index in [1.54, 1.807) is 188 Å². The van der Waals surface area contributed by atoms with Crippen molar-refractivity contribution in [3.8, 4) is 34.4 Å². The minimum Gasteiger partial charge on any atom is -0.506 e. The third kappa shape index (κ3) is 18.0. The van der Waals surface area contributed by atoms with Crippen molar-refractivity contribution in [1.29, 1.82) is 0 Å². The number of hydrogen-bond donors (Lipinski definition) is 4. The van der Waals surface area contributed by atoms with Gasteiger partial charge in [0.15, 0.2) is 45.3 Å². The molecule has 0 saturated carbocycles. The molecule has 0 aliphatic rings. The average Bonchev–Trinajstić information content (AvgIpc) is 0.740. The number of para-hydroxylation sites is 4. The van der Waals surface area contributed by atoms with Crippen LogP contribution in [0.1, 0.15) is 11.1 Å². The van der Waals surface area contributed by atoms with Gasteiger partial charge in [-0.25, -0.2) is 41.1 Å². The van der Waals surface area contributed by atoms with Gasteiger partial charge < -0.3 is 47.2 Å². The van der Waals surface area contributed by atoms with Crippen LogP contribution in [0.15, 0.2) is 389 Å². The number of nitrogens with zero attached hydrogens (tertiary/aromatic N) is 4. The van der Waals surface area contributed by atoms with Crippen LogP contribution < -0.4 is 44.7 Å². The lowest BCUT2D eigenvalue weighted by Crippen LogP contribution is -2.23. The molecule has 0 bridgehead atoms. The zero-order chi connectivity index (χ0) is 91.9. The largest absolute Gasteiger partial charge is 0.506 e. The van der Waals surface area contributed by atoms with Gasteiger partial charge in [-0.3, -0.25) is 28.3 Å². The monoisotopic (exact) mass is 1990 g/mol. The molecule has 33 heteroatoms. The van der Waals surface area contributed by atoms with Gasteiger partial charge in [-0.2, -0.15) is 0 Å². The fourth-order valence-corrected chi connectivity index (χ4v) is 19.2. The van der Waals surface area contributed by atoms with Crippen LogP contribution in [0.25, 0.3) is 98.9 Å². The van der Waals surface area contributed by atoms with E-state index in [4.69, 9.17) is 40.9 Å². The molecule has 0 unspecified atom stereocenters. The van der Waals surface area contributed by atoms with Crippen molar-refractivity contribution in [2.75, 3.05) is 0 Å². The highest BCUT2D eigenvalue weighted by Crippen LogP contribution is 2.44. The van der Waals surface area contributed by atoms with E-state index in [9.17, 15) is 76.3 Å². The third-order valence-corrected chi connectivity index (χ3v) is 26.4. The first kappa shape index (κ1) is 89.1. The molecule has 0 radical (unpaired) electrons. The predicted molar refractivity (Wildman–Crippen MR) is 505 cm³/mol. The highest BCUT2D eigenvalue weighted by molar-refractivity contribution is 9.10. The van der Waals surface area contributed by atoms with Crippen molar-refractivity contribution in [2.24, 2.45) is 0 Å². The average molecular weight is 2000 g/mol. The van der Waals surface area contributed by atoms with Gasteiger partial charge in [0.2, 0.25) is 0 Å². The summed E-state index contributed by atoms with van der Waals surface area (Å²) in [6.45, 7) is 0.117. The number of aromatic hydroxyl groups is 4. The second-order valence-electron chi connectivity index (χ2n) is 28.8. The van der Waals surface area contributed by atoms with Gasteiger partial charge in [0, 0.05) is 67.0 Å². The quantitative estimate of drug-likeness (QED) is 0.0581. The molecule has 0 aliphatic carbocycles. The molecule has 0 amide bonds. The van der Waals surface area contributed by atoms with Crippen molar-refractivity contribution in [3.05, 3.63) is 427 Å². The van der Waals surface area contributed by atoms with Crippen molar-refractivity contribution in [1.82, 2.24) is 18.3 Å². The van der Waals surface area contributed by atoms with Gasteiger partial charge in [0.05, 0.1) is 40.1 Å². The lowest BCUT2D eigenvalue weighted by atomic mass is 10.1. The minimum atomic E-state index is -0.903. The summed E-state index contributed by atoms with van der Waals surface area (Å²) in [6.07, 6.45) is 0. The van der Waals surface area contributed by atoms with Gasteiger partial charge >= 0.3 is 22.5 Å². The minimum absolute atomic E-state index is 0.00633. The Morgan fingerprint density at radius 2 is 0.710 bits per heavy atom. The lowest BCUT2D eigenvalue weighted by molar-refractivity contribution is 0.446. The number of rotatable bonds is 14. The maximum Gasteiger partial charge on any atom is 0.354 e. The summed E-state index contributed by atoms with van der Waals surface area (Å²) in [4.78, 5) is 106. The lowest BCUT2D eigenvalue weighted by Gasteiger charge is -2.16. The smallest absolute Gasteiger partial charge is 0.354 e. The van der Waals surface area contributed by atoms with Crippen LogP contribution >= 0.6 is 102 Å². The number of halogens is 9. The van der Waals surface area contributed by atoms with Crippen LogP contribution in [-0.2, 0) is 13.1 Å². The van der Waals surface area contributed by atoms with Crippen molar-refractivity contribution >= 4 is 190 Å². The summed E-state index contributed by atoms with van der Waals surface area (Å²) in [7, 11) is 0. The Kier molecular flexibility index (Phi) is 25.6. The summed E-state index contributed by atoms with van der Waals surface area (Å²) >= 11 is 22.1. The Morgan fingerprint density at radius 3 is 1.19 bits per heavy atom. The molecule has 131 heavy (non-hydrogen) atoms. The molecule has 20 rings (SSSR count). The van der Waals surface area contributed by atoms with Crippen molar-refractivity contribution in [2.45, 2.75) is 52.3 Å². The fourth-order valence-electron chi connectivity index (χ4n) is 14.6. The molecular weight excluding hydrogens is 1940 g/mol. The molecule has 650 valence electrons. The number of aromatic nitrogens is 4. The van der Waals surface area contributed by atoms with Crippen molar-refractivity contribution in [3.63, 3.8) is 0 Å². The molecule has 0 saturated heterocycles. The summed E-state index contributed by atoms with van der Waals surface area (Å²) in [5.41, 5.74) is -1.51. The SMILES string of the molecule is O=c1oc2c(c(O)c1Br)c(=O)n(Cc1ccc(F)cc1)c1cc(Br)ccc21.O=c1oc2c(c(O)c1Sc1cccc(Cl)c1)c(=O)n(Cc1ccc(F)cc1)c1cc(Sc3cccc(Cl)c3)c(F)cc21.O=c1oc2c(c(O)c1Sc1cccc(F)c1)c(=O)n(-c1ccccc1)c1ccccc21.O=c1oc2c(c(O)c1Sc1ccccc1F)c(=O)n(-c1ccccc1)c1ccccc21. The zero-order valence-corrected chi connectivity index (χ0v) is 74.5. The molecule has 0 atom stereocenters. The molecule has 4 N–H and O–H groups in total. The normalized spacial score (nSPS) is 11.3. The van der Waals surface area contributed by atoms with Crippen LogP contribution in [0.4, 0.5) is 22.0 Å². The second-order valence-corrected chi connectivity index (χ2v) is 35.7. The Balaban J connectivity index is 0.000000124. The van der Waals surface area contributed by atoms with Gasteiger partial charge in [-0.15, -0.1) is 0 Å². The summed E-state index contributed by atoms with van der Waals surface area (Å²) in [5, 5.41) is 45.5. The summed E-state index contributed by atoms with van der Waals surface area (Å²) < 4.78 is 98.2. The van der Waals surface area contributed by atoms with E-state index in [0.29, 0.717) is 79.9 Å². The summed E-state index contributed by atoms with van der Waals surface area (Å²) in [6, 6.07) is 76.0. The van der Waals surface area contributed by atoms with Crippen LogP contribution in [-0.4, -0.2) is 38.7 Å². The maximum absolute atomic E-state index is 15.6. The molecule has 20 nitrogen and oxygen atoms in total. The number of fused-ring (bicyclic) bond motifs is 12. The first-order valence-corrected chi connectivity index (χ1v) is 44.5. The zero-order valence-electron chi connectivity index (χ0n) is 66.6. The predicted octanol–water partition coefficient (Wildman–Crippen LogP) is 23.5. The van der Waals surface area contributed by atoms with Crippen molar-refractivity contribution < 1.29 is 60.0 Å². The number of benzene rings is 12. The maximum atomic E-state index is 15.6. The van der Waals surface area contributed by atoms with E-state index in [1.807, 2.05) is 12.1 Å². The fraction of sp³-hybridized carbons (Fsp3) is 0.0204. The standard InChI is InChI=1S/C31H17Cl2F2NO4S2.2C24H14FNO4S.C19H10Br2FNO4/c32-17-3-1-5-20(11-17)41-25-14-24-22(13-23(25)35)28-26(30(38)36(24)15-16-7-9-19(34)10-8-16)27(37)29(31(39)40-28)42-21-6-2-4-18(33)12-21;25-16-11-5-7-13-18(16)31-22-20(27)19-21(30-24(22)29)15-10-4-6-12-17(15)26(23(19)28)14-8-2-1-3-9-14;25-14-7-6-10-16(13-14)31-22-20(27)19-21(30-24(22)29)17-11-4-5-12-18(17)26(23(19)28)15-8-2-1-3-9-15;20-10-3-6-12-13(7-10)23(8-9-1-4-11(22)5-2-9)18(25)14-16(24)15(21)19(26)27-17(12)14/h1-14,37H,15H2;2*1-13,27H;1-7,24H,8H2. The first-order valence-electron chi connectivity index (χ1n) is 38.9. The highest BCUT2D eigenvalue weighted by Gasteiger charge is 2.29. The Bertz CT molecular complexity index is 8590. The Morgan fingerprint density at radius 1 is 0.313 bits per heavy atom. The molecule has 8 aromatic heterocycles. The summed E-state index contributed by atoms with van der Waals surface area (Å²) in [5.74, 6) is -4.56. The Labute approximate surface area is 775 Å². The molecule has 0 aliphatic heterocycles. The van der Waals surface area contributed by atoms with E-state index in [-0.39, 0.29) is 103 Å². The molecule has 0 fully saturated rings. The molecule has 8 heterocycles. The van der Waals surface area contributed by atoms with Crippen LogP contribution in [0, 0.1) is 29.1 Å². The molecular formula is C98H55Br2Cl2F5N4O16S4. The van der Waals surface area contributed by atoms with Crippen LogP contribution in [0.5, 0.6) is 23.0 Å². The van der Waals surface area contributed by atoms with Gasteiger partial charge in [-0.1, -0.05) is 201 Å².